The fraction of sp³-hybridized carbons (Fsp3) is 0.316. The fourth-order valence-electron chi connectivity index (χ4n) is 2.87. The highest BCUT2D eigenvalue weighted by atomic mass is 35.5. The van der Waals surface area contributed by atoms with E-state index in [2.05, 4.69) is 15.1 Å². The fourth-order valence-corrected chi connectivity index (χ4v) is 3.58. The molecule has 1 N–H and O–H groups in total. The number of rotatable bonds is 3. The number of halogens is 3. The summed E-state index contributed by atoms with van der Waals surface area (Å²) in [5.74, 6) is -0.309. The topological polar surface area (TPSA) is 18.5 Å². The standard InChI is InChI=1S/C19H20Cl2FN3S/c1-13-2-5-16(11-17(13)20)23-19(26)25-8-6-24(7-9-25)12-14-3-4-15(22)10-18(14)21/h2-5,10-11H,6-9,12H2,1H3,(H,23,26). The minimum atomic E-state index is -0.309. The molecule has 26 heavy (non-hydrogen) atoms. The van der Waals surface area contributed by atoms with Crippen LogP contribution in [0, 0.1) is 12.7 Å². The van der Waals surface area contributed by atoms with Crippen molar-refractivity contribution in [3.8, 4) is 0 Å². The molecule has 0 atom stereocenters. The Balaban J connectivity index is 1.52. The van der Waals surface area contributed by atoms with Crippen molar-refractivity contribution in [2.75, 3.05) is 31.5 Å². The summed E-state index contributed by atoms with van der Waals surface area (Å²) in [7, 11) is 0. The van der Waals surface area contributed by atoms with Crippen molar-refractivity contribution in [2.24, 2.45) is 0 Å². The van der Waals surface area contributed by atoms with Gasteiger partial charge in [-0.3, -0.25) is 4.90 Å². The first kappa shape index (κ1) is 19.4. The third-order valence-electron chi connectivity index (χ3n) is 4.49. The van der Waals surface area contributed by atoms with Gasteiger partial charge in [-0.2, -0.15) is 0 Å². The van der Waals surface area contributed by atoms with Crippen LogP contribution >= 0.6 is 35.4 Å². The molecule has 1 fully saturated rings. The highest BCUT2D eigenvalue weighted by Crippen LogP contribution is 2.22. The van der Waals surface area contributed by atoms with Crippen LogP contribution in [-0.2, 0) is 6.54 Å². The molecule has 0 amide bonds. The van der Waals surface area contributed by atoms with Gasteiger partial charge >= 0.3 is 0 Å². The Morgan fingerprint density at radius 3 is 2.46 bits per heavy atom. The minimum Gasteiger partial charge on any atom is -0.346 e. The van der Waals surface area contributed by atoms with Crippen LogP contribution in [0.2, 0.25) is 10.0 Å². The van der Waals surface area contributed by atoms with Gasteiger partial charge in [0.05, 0.1) is 0 Å². The van der Waals surface area contributed by atoms with Crippen molar-refractivity contribution in [1.82, 2.24) is 9.80 Å². The maximum atomic E-state index is 13.2. The average molecular weight is 412 g/mol. The van der Waals surface area contributed by atoms with Crippen LogP contribution in [0.5, 0.6) is 0 Å². The molecule has 1 aliphatic heterocycles. The van der Waals surface area contributed by atoms with Crippen LogP contribution in [0.25, 0.3) is 0 Å². The Morgan fingerprint density at radius 2 is 1.81 bits per heavy atom. The summed E-state index contributed by atoms with van der Waals surface area (Å²) in [6.45, 7) is 6.06. The van der Waals surface area contributed by atoms with Gasteiger partial charge in [0.2, 0.25) is 0 Å². The Hall–Kier alpha value is -1.40. The second kappa shape index (κ2) is 8.53. The average Bonchev–Trinajstić information content (AvgIpc) is 2.61. The van der Waals surface area contributed by atoms with Gasteiger partial charge in [0.1, 0.15) is 5.82 Å². The molecule has 0 saturated carbocycles. The molecule has 3 rings (SSSR count). The second-order valence-corrected chi connectivity index (χ2v) is 7.59. The highest BCUT2D eigenvalue weighted by Gasteiger charge is 2.20. The van der Waals surface area contributed by atoms with Gasteiger partial charge < -0.3 is 10.2 Å². The normalized spacial score (nSPS) is 15.2. The Bertz CT molecular complexity index is 807. The number of hydrogen-bond acceptors (Lipinski definition) is 2. The van der Waals surface area contributed by atoms with Gasteiger partial charge in [0.15, 0.2) is 5.11 Å². The van der Waals surface area contributed by atoms with Crippen LogP contribution in [-0.4, -0.2) is 41.1 Å². The van der Waals surface area contributed by atoms with Crippen LogP contribution in [0.1, 0.15) is 11.1 Å². The maximum Gasteiger partial charge on any atom is 0.173 e. The van der Waals surface area contributed by atoms with E-state index in [1.54, 1.807) is 6.07 Å². The first-order valence-corrected chi connectivity index (χ1v) is 9.57. The lowest BCUT2D eigenvalue weighted by Gasteiger charge is -2.36. The van der Waals surface area contributed by atoms with E-state index in [0.717, 1.165) is 48.0 Å². The Labute approximate surface area is 168 Å². The zero-order chi connectivity index (χ0) is 18.7. The number of piperazine rings is 1. The SMILES string of the molecule is Cc1ccc(NC(=S)N2CCN(Cc3ccc(F)cc3Cl)CC2)cc1Cl. The van der Waals surface area contributed by atoms with Gasteiger partial charge in [0, 0.05) is 48.5 Å². The molecule has 0 aromatic heterocycles. The smallest absolute Gasteiger partial charge is 0.173 e. The van der Waals surface area contributed by atoms with Crippen LogP contribution in [0.15, 0.2) is 36.4 Å². The van der Waals surface area contributed by atoms with Gasteiger partial charge in [-0.25, -0.2) is 4.39 Å². The lowest BCUT2D eigenvalue weighted by molar-refractivity contribution is 0.177. The summed E-state index contributed by atoms with van der Waals surface area (Å²) < 4.78 is 13.2. The zero-order valence-electron chi connectivity index (χ0n) is 14.4. The molecular formula is C19H20Cl2FN3S. The summed E-state index contributed by atoms with van der Waals surface area (Å²) >= 11 is 17.8. The largest absolute Gasteiger partial charge is 0.346 e. The zero-order valence-corrected chi connectivity index (χ0v) is 16.8. The number of benzene rings is 2. The molecule has 0 aliphatic carbocycles. The summed E-state index contributed by atoms with van der Waals surface area (Å²) in [6.07, 6.45) is 0. The molecule has 2 aromatic rings. The van der Waals surface area contributed by atoms with E-state index >= 15 is 0 Å². The molecule has 138 valence electrons. The molecule has 1 aliphatic rings. The van der Waals surface area contributed by atoms with E-state index in [9.17, 15) is 4.39 Å². The van der Waals surface area contributed by atoms with E-state index in [1.165, 1.54) is 12.1 Å². The van der Waals surface area contributed by atoms with E-state index in [0.29, 0.717) is 16.7 Å². The number of aryl methyl sites for hydroxylation is 1. The number of thiocarbonyl (C=S) groups is 1. The molecule has 1 saturated heterocycles. The molecule has 0 unspecified atom stereocenters. The van der Waals surface area contributed by atoms with Gasteiger partial charge in [-0.15, -0.1) is 0 Å². The predicted octanol–water partition coefficient (Wildman–Crippen LogP) is 4.96. The monoisotopic (exact) mass is 411 g/mol. The lowest BCUT2D eigenvalue weighted by atomic mass is 10.2. The van der Waals surface area contributed by atoms with E-state index in [4.69, 9.17) is 35.4 Å². The van der Waals surface area contributed by atoms with Crippen LogP contribution < -0.4 is 5.32 Å². The summed E-state index contributed by atoms with van der Waals surface area (Å²) in [6, 6.07) is 10.4. The van der Waals surface area contributed by atoms with Crippen LogP contribution in [0.3, 0.4) is 0 Å². The summed E-state index contributed by atoms with van der Waals surface area (Å²) in [4.78, 5) is 4.44. The van der Waals surface area contributed by atoms with Crippen LogP contribution in [0.4, 0.5) is 10.1 Å². The Kier molecular flexibility index (Phi) is 6.35. The predicted molar refractivity (Wildman–Crippen MR) is 111 cm³/mol. The third kappa shape index (κ3) is 4.86. The lowest BCUT2D eigenvalue weighted by Crippen LogP contribution is -2.49. The second-order valence-electron chi connectivity index (χ2n) is 6.39. The molecule has 0 radical (unpaired) electrons. The molecule has 7 heteroatoms. The number of anilines is 1. The van der Waals surface area contributed by atoms with E-state index in [-0.39, 0.29) is 5.82 Å². The third-order valence-corrected chi connectivity index (χ3v) is 5.61. The Morgan fingerprint density at radius 1 is 1.08 bits per heavy atom. The van der Waals surface area contributed by atoms with Crippen molar-refractivity contribution >= 4 is 46.2 Å². The molecule has 0 bridgehead atoms. The summed E-state index contributed by atoms with van der Waals surface area (Å²) in [5.41, 5.74) is 2.87. The van der Waals surface area contributed by atoms with Crippen molar-refractivity contribution in [1.29, 1.82) is 0 Å². The van der Waals surface area contributed by atoms with Crippen molar-refractivity contribution in [2.45, 2.75) is 13.5 Å². The minimum absolute atomic E-state index is 0.309. The number of hydrogen-bond donors (Lipinski definition) is 1. The quantitative estimate of drug-likeness (QED) is 0.719. The van der Waals surface area contributed by atoms with Crippen molar-refractivity contribution in [3.63, 3.8) is 0 Å². The first-order valence-electron chi connectivity index (χ1n) is 8.41. The number of nitrogens with one attached hydrogen (secondary N) is 1. The highest BCUT2D eigenvalue weighted by molar-refractivity contribution is 7.80. The van der Waals surface area contributed by atoms with E-state index < -0.39 is 0 Å². The molecule has 3 nitrogen and oxygen atoms in total. The van der Waals surface area contributed by atoms with Crippen molar-refractivity contribution < 1.29 is 4.39 Å². The summed E-state index contributed by atoms with van der Waals surface area (Å²) in [5, 5.41) is 5.14. The van der Waals surface area contributed by atoms with E-state index in [1.807, 2.05) is 25.1 Å². The molecule has 0 spiro atoms. The van der Waals surface area contributed by atoms with Gasteiger partial charge in [-0.1, -0.05) is 35.3 Å². The number of nitrogens with zero attached hydrogens (tertiary/aromatic N) is 2. The van der Waals surface area contributed by atoms with Gasteiger partial charge in [-0.05, 0) is 54.5 Å². The van der Waals surface area contributed by atoms with Crippen molar-refractivity contribution in [3.05, 3.63) is 63.4 Å². The molecular weight excluding hydrogens is 392 g/mol. The first-order chi connectivity index (χ1) is 12.4. The molecule has 2 aromatic carbocycles. The molecule has 1 heterocycles. The maximum absolute atomic E-state index is 13.2. The van der Waals surface area contributed by atoms with Gasteiger partial charge in [0.25, 0.3) is 0 Å².